The summed E-state index contributed by atoms with van der Waals surface area (Å²) in [6, 6.07) is 3.54. The van der Waals surface area contributed by atoms with Gasteiger partial charge in [-0.05, 0) is 32.9 Å². The van der Waals surface area contributed by atoms with Crippen LogP contribution >= 0.6 is 11.8 Å². The monoisotopic (exact) mass is 493 g/mol. The lowest BCUT2D eigenvalue weighted by Gasteiger charge is -2.35. The Kier molecular flexibility index (Phi) is 8.13. The number of H-pyrrole nitrogens is 1. The van der Waals surface area contributed by atoms with Crippen LogP contribution in [0.1, 0.15) is 20.8 Å². The number of hydrogen-bond acceptors (Lipinski definition) is 9. The lowest BCUT2D eigenvalue weighted by molar-refractivity contribution is -0.130. The van der Waals surface area contributed by atoms with Crippen LogP contribution in [0, 0.1) is 0 Å². The van der Waals surface area contributed by atoms with Crippen LogP contribution < -0.4 is 14.2 Å². The van der Waals surface area contributed by atoms with Gasteiger partial charge in [-0.15, -0.1) is 5.10 Å². The molecule has 1 aliphatic heterocycles. The molecule has 2 amide bonds. The maximum atomic E-state index is 12.6. The Morgan fingerprint density at radius 2 is 1.59 bits per heavy atom. The molecule has 2 aromatic rings. The minimum absolute atomic E-state index is 0.0343. The molecule has 186 valence electrons. The third-order valence-electron chi connectivity index (χ3n) is 5.01. The predicted molar refractivity (Wildman–Crippen MR) is 127 cm³/mol. The van der Waals surface area contributed by atoms with Crippen LogP contribution in [0.4, 0.5) is 4.79 Å². The van der Waals surface area contributed by atoms with Gasteiger partial charge in [0.05, 0.1) is 27.1 Å². The molecule has 0 atom stereocenters. The van der Waals surface area contributed by atoms with Crippen molar-refractivity contribution in [2.75, 3.05) is 53.3 Å². The van der Waals surface area contributed by atoms with Crippen molar-refractivity contribution in [2.45, 2.75) is 31.5 Å². The van der Waals surface area contributed by atoms with E-state index in [-0.39, 0.29) is 17.8 Å². The Hall–Kier alpha value is -3.15. The summed E-state index contributed by atoms with van der Waals surface area (Å²) in [5.74, 6) is 2.17. The third kappa shape index (κ3) is 6.25. The summed E-state index contributed by atoms with van der Waals surface area (Å²) < 4.78 is 21.5. The van der Waals surface area contributed by atoms with Crippen LogP contribution in [0.5, 0.6) is 17.2 Å². The zero-order valence-corrected chi connectivity index (χ0v) is 21.2. The molecule has 34 heavy (non-hydrogen) atoms. The van der Waals surface area contributed by atoms with Crippen molar-refractivity contribution in [3.8, 4) is 28.6 Å². The summed E-state index contributed by atoms with van der Waals surface area (Å²) in [5, 5.41) is 7.54. The van der Waals surface area contributed by atoms with E-state index >= 15 is 0 Å². The van der Waals surface area contributed by atoms with E-state index in [1.54, 1.807) is 36.2 Å². The SMILES string of the molecule is COc1cc(-c2nc(SCC(=O)N3CCN(C(=O)OC(C)(C)C)CC3)n[nH]2)cc(OC)c1OC. The summed E-state index contributed by atoms with van der Waals surface area (Å²) in [6.45, 7) is 7.30. The second-order valence-corrected chi connectivity index (χ2v) is 9.46. The Bertz CT molecular complexity index is 988. The van der Waals surface area contributed by atoms with E-state index in [1.165, 1.54) is 18.9 Å². The number of carbonyl (C=O) groups is 2. The number of carbonyl (C=O) groups excluding carboxylic acids is 2. The minimum Gasteiger partial charge on any atom is -0.493 e. The standard InChI is InChI=1S/C22H31N5O6S/c1-22(2,3)33-21(29)27-9-7-26(8-10-27)17(28)13-34-20-23-19(24-25-20)14-11-15(30-4)18(32-6)16(12-14)31-5/h11-12H,7-10,13H2,1-6H3,(H,23,24,25). The van der Waals surface area contributed by atoms with Gasteiger partial charge >= 0.3 is 6.09 Å². The average Bonchev–Trinajstić information content (AvgIpc) is 3.29. The number of rotatable bonds is 7. The molecule has 1 aromatic carbocycles. The van der Waals surface area contributed by atoms with Gasteiger partial charge in [0, 0.05) is 31.7 Å². The fourth-order valence-corrected chi connectivity index (χ4v) is 4.04. The minimum atomic E-state index is -0.543. The first-order valence-corrected chi connectivity index (χ1v) is 11.7. The summed E-state index contributed by atoms with van der Waals surface area (Å²) in [6.07, 6.45) is -0.353. The number of amides is 2. The fraction of sp³-hybridized carbons (Fsp3) is 0.545. The van der Waals surface area contributed by atoms with Crippen LogP contribution in [0.3, 0.4) is 0 Å². The largest absolute Gasteiger partial charge is 0.493 e. The molecule has 3 rings (SSSR count). The molecular formula is C22H31N5O6S. The number of thioether (sulfide) groups is 1. The van der Waals surface area contributed by atoms with Crippen molar-refractivity contribution in [1.29, 1.82) is 0 Å². The Morgan fingerprint density at radius 3 is 2.12 bits per heavy atom. The molecule has 1 aromatic heterocycles. The topological polar surface area (TPSA) is 119 Å². The Morgan fingerprint density at radius 1 is 1.00 bits per heavy atom. The maximum absolute atomic E-state index is 12.6. The van der Waals surface area contributed by atoms with Crippen molar-refractivity contribution < 1.29 is 28.5 Å². The smallest absolute Gasteiger partial charge is 0.410 e. The highest BCUT2D eigenvalue weighted by molar-refractivity contribution is 7.99. The number of ether oxygens (including phenoxy) is 4. The first-order valence-electron chi connectivity index (χ1n) is 10.8. The van der Waals surface area contributed by atoms with Gasteiger partial charge in [-0.25, -0.2) is 9.78 Å². The lowest BCUT2D eigenvalue weighted by Crippen LogP contribution is -2.52. The third-order valence-corrected chi connectivity index (χ3v) is 5.84. The van der Waals surface area contributed by atoms with E-state index in [4.69, 9.17) is 18.9 Å². The molecule has 0 saturated carbocycles. The molecule has 0 spiro atoms. The molecule has 11 nitrogen and oxygen atoms in total. The molecule has 1 fully saturated rings. The number of hydrogen-bond donors (Lipinski definition) is 1. The molecule has 1 N–H and O–H groups in total. The zero-order valence-electron chi connectivity index (χ0n) is 20.3. The van der Waals surface area contributed by atoms with Crippen molar-refractivity contribution >= 4 is 23.8 Å². The van der Waals surface area contributed by atoms with Crippen LogP contribution in [-0.4, -0.2) is 95.8 Å². The molecule has 0 bridgehead atoms. The summed E-state index contributed by atoms with van der Waals surface area (Å²) in [7, 11) is 4.63. The number of aromatic nitrogens is 3. The number of nitrogens with zero attached hydrogens (tertiary/aromatic N) is 4. The Labute approximate surface area is 203 Å². The predicted octanol–water partition coefficient (Wildman–Crippen LogP) is 2.67. The molecule has 0 radical (unpaired) electrons. The highest BCUT2D eigenvalue weighted by atomic mass is 32.2. The van der Waals surface area contributed by atoms with Crippen molar-refractivity contribution in [2.24, 2.45) is 0 Å². The number of methoxy groups -OCH3 is 3. The fourth-order valence-electron chi connectivity index (χ4n) is 3.34. The number of piperazine rings is 1. The van der Waals surface area contributed by atoms with Crippen LogP contribution in [0.15, 0.2) is 17.3 Å². The number of nitrogens with one attached hydrogen (secondary N) is 1. The van der Waals surface area contributed by atoms with Gasteiger partial charge in [0.2, 0.25) is 16.8 Å². The molecule has 2 heterocycles. The van der Waals surface area contributed by atoms with Crippen LogP contribution in [-0.2, 0) is 9.53 Å². The van der Waals surface area contributed by atoms with Gasteiger partial charge in [0.25, 0.3) is 0 Å². The van der Waals surface area contributed by atoms with Gasteiger partial charge < -0.3 is 28.7 Å². The zero-order chi connectivity index (χ0) is 24.9. The molecular weight excluding hydrogens is 462 g/mol. The van der Waals surface area contributed by atoms with E-state index < -0.39 is 5.60 Å². The van der Waals surface area contributed by atoms with Crippen molar-refractivity contribution in [1.82, 2.24) is 25.0 Å². The summed E-state index contributed by atoms with van der Waals surface area (Å²) >= 11 is 1.24. The molecule has 0 unspecified atom stereocenters. The molecule has 1 saturated heterocycles. The first kappa shape index (κ1) is 25.5. The van der Waals surface area contributed by atoms with Gasteiger partial charge in [-0.3, -0.25) is 9.89 Å². The van der Waals surface area contributed by atoms with E-state index in [0.717, 1.165) is 0 Å². The first-order chi connectivity index (χ1) is 16.1. The highest BCUT2D eigenvalue weighted by Gasteiger charge is 2.27. The lowest BCUT2D eigenvalue weighted by atomic mass is 10.1. The van der Waals surface area contributed by atoms with Gasteiger partial charge in [-0.1, -0.05) is 11.8 Å². The van der Waals surface area contributed by atoms with Crippen LogP contribution in [0.2, 0.25) is 0 Å². The van der Waals surface area contributed by atoms with E-state index in [9.17, 15) is 9.59 Å². The van der Waals surface area contributed by atoms with Crippen molar-refractivity contribution in [3.63, 3.8) is 0 Å². The van der Waals surface area contributed by atoms with Crippen molar-refractivity contribution in [3.05, 3.63) is 12.1 Å². The molecule has 1 aliphatic rings. The average molecular weight is 494 g/mol. The van der Waals surface area contributed by atoms with Gasteiger partial charge in [-0.2, -0.15) is 0 Å². The normalized spacial score (nSPS) is 14.1. The quantitative estimate of drug-likeness (QED) is 0.581. The number of aromatic amines is 1. The summed E-state index contributed by atoms with van der Waals surface area (Å²) in [4.78, 5) is 32.7. The summed E-state index contributed by atoms with van der Waals surface area (Å²) in [5.41, 5.74) is 0.163. The van der Waals surface area contributed by atoms with E-state index in [2.05, 4.69) is 15.2 Å². The maximum Gasteiger partial charge on any atom is 0.410 e. The number of benzene rings is 1. The second kappa shape index (κ2) is 10.9. The van der Waals surface area contributed by atoms with E-state index in [1.807, 2.05) is 20.8 Å². The molecule has 12 heteroatoms. The van der Waals surface area contributed by atoms with Gasteiger partial charge in [0.15, 0.2) is 17.3 Å². The molecule has 0 aliphatic carbocycles. The van der Waals surface area contributed by atoms with Crippen LogP contribution in [0.25, 0.3) is 11.4 Å². The second-order valence-electron chi connectivity index (χ2n) is 8.52. The Balaban J connectivity index is 1.56. The van der Waals surface area contributed by atoms with Gasteiger partial charge in [0.1, 0.15) is 5.60 Å². The highest BCUT2D eigenvalue weighted by Crippen LogP contribution is 2.40. The van der Waals surface area contributed by atoms with E-state index in [0.29, 0.717) is 60.0 Å².